The number of likely N-dealkylation sites (N-methyl/N-ethyl adjacent to an activating group) is 1. The molecule has 0 fully saturated rings. The molecule has 0 saturated carbocycles. The molecule has 8 heteroatoms. The van der Waals surface area contributed by atoms with Gasteiger partial charge in [-0.15, -0.1) is 10.2 Å². The van der Waals surface area contributed by atoms with Crippen LogP contribution in [0.2, 0.25) is 0 Å². The Kier molecular flexibility index (Phi) is 3.42. The van der Waals surface area contributed by atoms with E-state index in [-0.39, 0.29) is 5.75 Å². The summed E-state index contributed by atoms with van der Waals surface area (Å²) in [5, 5.41) is 16.1. The lowest BCUT2D eigenvalue weighted by molar-refractivity contribution is -0.134. The number of phenols is 1. The number of nitrogens with zero attached hydrogens (tertiary/aromatic N) is 4. The number of anilines is 1. The Balaban J connectivity index is 2.06. The molecule has 2 rings (SSSR count). The van der Waals surface area contributed by atoms with E-state index in [0.29, 0.717) is 5.69 Å². The molecule has 0 unspecified atom stereocenters. The molecule has 1 aromatic carbocycles. The van der Waals surface area contributed by atoms with Crippen LogP contribution in [0.3, 0.4) is 0 Å². The van der Waals surface area contributed by atoms with Crippen LogP contribution in [-0.4, -0.2) is 38.8 Å². The van der Waals surface area contributed by atoms with E-state index in [2.05, 4.69) is 15.6 Å². The molecule has 0 spiro atoms. The minimum Gasteiger partial charge on any atom is -0.508 e. The largest absolute Gasteiger partial charge is 0.508 e. The van der Waals surface area contributed by atoms with Crippen molar-refractivity contribution in [3.8, 4) is 5.75 Å². The normalized spacial score (nSPS) is 9.95. The predicted octanol–water partition coefficient (Wildman–Crippen LogP) is -0.283. The van der Waals surface area contributed by atoms with Gasteiger partial charge in [0, 0.05) is 12.7 Å². The number of aromatic nitrogens is 3. The first-order valence-electron chi connectivity index (χ1n) is 5.30. The Morgan fingerprint density at radius 3 is 2.37 bits per heavy atom. The van der Waals surface area contributed by atoms with E-state index in [1.807, 2.05) is 0 Å². The van der Waals surface area contributed by atoms with Crippen LogP contribution >= 0.6 is 0 Å². The first-order chi connectivity index (χ1) is 9.08. The Bertz CT molecular complexity index is 579. The molecule has 19 heavy (non-hydrogen) atoms. The van der Waals surface area contributed by atoms with Crippen molar-refractivity contribution in [2.75, 3.05) is 17.4 Å². The Hall–Kier alpha value is -2.90. The quantitative estimate of drug-likeness (QED) is 0.724. The summed E-state index contributed by atoms with van der Waals surface area (Å²) in [7, 11) is 1.46. The molecule has 98 valence electrons. The van der Waals surface area contributed by atoms with Crippen molar-refractivity contribution < 1.29 is 14.7 Å². The summed E-state index contributed by atoms with van der Waals surface area (Å²) >= 11 is 0. The summed E-state index contributed by atoms with van der Waals surface area (Å²) in [6, 6.07) is 5.91. The van der Waals surface area contributed by atoms with E-state index in [1.54, 1.807) is 0 Å². The molecule has 2 aromatic rings. The first kappa shape index (κ1) is 12.6. The zero-order chi connectivity index (χ0) is 13.8. The second-order valence-corrected chi connectivity index (χ2v) is 3.69. The highest BCUT2D eigenvalue weighted by molar-refractivity contribution is 6.42. The van der Waals surface area contributed by atoms with Crippen LogP contribution in [0, 0.1) is 0 Å². The molecule has 0 bridgehead atoms. The zero-order valence-electron chi connectivity index (χ0n) is 10.0. The molecule has 0 aliphatic heterocycles. The third-order valence-electron chi connectivity index (χ3n) is 2.39. The molecule has 0 atom stereocenters. The van der Waals surface area contributed by atoms with Crippen LogP contribution in [0.25, 0.3) is 0 Å². The molecule has 0 radical (unpaired) electrons. The molecule has 1 aromatic heterocycles. The maximum atomic E-state index is 11.9. The van der Waals surface area contributed by atoms with Gasteiger partial charge in [0.1, 0.15) is 18.4 Å². The van der Waals surface area contributed by atoms with Gasteiger partial charge < -0.3 is 10.0 Å². The number of aromatic hydroxyl groups is 1. The molecule has 1 heterocycles. The number of rotatable bonds is 2. The van der Waals surface area contributed by atoms with Crippen LogP contribution in [0.4, 0.5) is 5.69 Å². The SMILES string of the molecule is CN(C(=O)C(=O)Nn1cnnc1)c1ccc(O)cc1. The molecule has 0 aliphatic rings. The minimum atomic E-state index is -0.824. The van der Waals surface area contributed by atoms with Gasteiger partial charge in [0.05, 0.1) is 0 Å². The van der Waals surface area contributed by atoms with Crippen molar-refractivity contribution >= 4 is 17.5 Å². The van der Waals surface area contributed by atoms with Crippen molar-refractivity contribution in [1.29, 1.82) is 0 Å². The maximum absolute atomic E-state index is 11.9. The number of nitrogens with one attached hydrogen (secondary N) is 1. The van der Waals surface area contributed by atoms with Gasteiger partial charge in [-0.2, -0.15) is 0 Å². The Morgan fingerprint density at radius 1 is 1.21 bits per heavy atom. The van der Waals surface area contributed by atoms with Gasteiger partial charge >= 0.3 is 11.8 Å². The molecule has 0 saturated heterocycles. The van der Waals surface area contributed by atoms with Gasteiger partial charge in [-0.05, 0) is 24.3 Å². The van der Waals surface area contributed by atoms with E-state index in [1.165, 1.54) is 53.5 Å². The van der Waals surface area contributed by atoms with Crippen molar-refractivity contribution in [3.63, 3.8) is 0 Å². The standard InChI is InChI=1S/C11H11N5O3/c1-15(8-2-4-9(17)5-3-8)11(19)10(18)14-16-6-12-13-7-16/h2-7,17H,1H3,(H,14,18). The second-order valence-electron chi connectivity index (χ2n) is 3.69. The molecule has 2 N–H and O–H groups in total. The predicted molar refractivity (Wildman–Crippen MR) is 65.9 cm³/mol. The summed E-state index contributed by atoms with van der Waals surface area (Å²) in [6.07, 6.45) is 2.51. The third-order valence-corrected chi connectivity index (χ3v) is 2.39. The Morgan fingerprint density at radius 2 is 1.79 bits per heavy atom. The molecular formula is C11H11N5O3. The number of amides is 2. The van der Waals surface area contributed by atoms with Gasteiger partial charge in [-0.25, -0.2) is 4.68 Å². The number of phenolic OH excluding ortho intramolecular Hbond substituents is 1. The molecular weight excluding hydrogens is 250 g/mol. The van der Waals surface area contributed by atoms with Crippen LogP contribution in [-0.2, 0) is 9.59 Å². The Labute approximate surface area is 108 Å². The highest BCUT2D eigenvalue weighted by atomic mass is 16.3. The zero-order valence-corrected chi connectivity index (χ0v) is 10.0. The van der Waals surface area contributed by atoms with Gasteiger partial charge in [-0.1, -0.05) is 0 Å². The fraction of sp³-hybridized carbons (Fsp3) is 0.0909. The second kappa shape index (κ2) is 5.17. The number of hydrogen-bond donors (Lipinski definition) is 2. The van der Waals surface area contributed by atoms with Gasteiger partial charge in [0.2, 0.25) is 0 Å². The average Bonchev–Trinajstić information content (AvgIpc) is 2.90. The average molecular weight is 261 g/mol. The van der Waals surface area contributed by atoms with Crippen LogP contribution in [0.1, 0.15) is 0 Å². The van der Waals surface area contributed by atoms with E-state index < -0.39 is 11.8 Å². The summed E-state index contributed by atoms with van der Waals surface area (Å²) in [4.78, 5) is 24.7. The van der Waals surface area contributed by atoms with Crippen molar-refractivity contribution in [2.24, 2.45) is 0 Å². The number of carbonyl (C=O) groups is 2. The minimum absolute atomic E-state index is 0.0820. The smallest absolute Gasteiger partial charge is 0.328 e. The lowest BCUT2D eigenvalue weighted by atomic mass is 10.3. The van der Waals surface area contributed by atoms with Crippen molar-refractivity contribution in [2.45, 2.75) is 0 Å². The number of carbonyl (C=O) groups excluding carboxylic acids is 2. The summed E-state index contributed by atoms with van der Waals surface area (Å²) in [6.45, 7) is 0. The molecule has 8 nitrogen and oxygen atoms in total. The summed E-state index contributed by atoms with van der Waals surface area (Å²) < 4.78 is 1.17. The topological polar surface area (TPSA) is 100 Å². The van der Waals surface area contributed by atoms with Crippen molar-refractivity contribution in [1.82, 2.24) is 14.9 Å². The number of hydrogen-bond acceptors (Lipinski definition) is 5. The highest BCUT2D eigenvalue weighted by Crippen LogP contribution is 2.17. The van der Waals surface area contributed by atoms with Gasteiger partial charge in [0.25, 0.3) is 0 Å². The fourth-order valence-corrected chi connectivity index (χ4v) is 1.37. The number of benzene rings is 1. The highest BCUT2D eigenvalue weighted by Gasteiger charge is 2.20. The van der Waals surface area contributed by atoms with Crippen LogP contribution < -0.4 is 10.3 Å². The summed E-state index contributed by atoms with van der Waals surface area (Å²) in [5.41, 5.74) is 2.78. The maximum Gasteiger partial charge on any atom is 0.328 e. The lowest BCUT2D eigenvalue weighted by Crippen LogP contribution is -2.39. The third kappa shape index (κ3) is 2.86. The molecule has 0 aliphatic carbocycles. The lowest BCUT2D eigenvalue weighted by Gasteiger charge is -2.16. The van der Waals surface area contributed by atoms with E-state index in [0.717, 1.165) is 0 Å². The van der Waals surface area contributed by atoms with E-state index in [4.69, 9.17) is 5.11 Å². The van der Waals surface area contributed by atoms with E-state index in [9.17, 15) is 9.59 Å². The van der Waals surface area contributed by atoms with Crippen molar-refractivity contribution in [3.05, 3.63) is 36.9 Å². The monoisotopic (exact) mass is 261 g/mol. The molecule has 2 amide bonds. The van der Waals surface area contributed by atoms with E-state index >= 15 is 0 Å². The first-order valence-corrected chi connectivity index (χ1v) is 5.30. The van der Waals surface area contributed by atoms with Crippen LogP contribution in [0.15, 0.2) is 36.9 Å². The van der Waals surface area contributed by atoms with Gasteiger partial charge in [-0.3, -0.25) is 15.0 Å². The fourth-order valence-electron chi connectivity index (χ4n) is 1.37. The van der Waals surface area contributed by atoms with Crippen LogP contribution in [0.5, 0.6) is 5.75 Å². The summed E-state index contributed by atoms with van der Waals surface area (Å²) in [5.74, 6) is -1.49. The van der Waals surface area contributed by atoms with Gasteiger partial charge in [0.15, 0.2) is 0 Å².